The molecule has 0 aliphatic carbocycles. The molecule has 0 bridgehead atoms. The van der Waals surface area contributed by atoms with Crippen LogP contribution in [0.3, 0.4) is 0 Å². The van der Waals surface area contributed by atoms with E-state index in [-0.39, 0.29) is 0 Å². The van der Waals surface area contributed by atoms with Gasteiger partial charge < -0.3 is 9.47 Å². The van der Waals surface area contributed by atoms with Gasteiger partial charge in [-0.3, -0.25) is 0 Å². The van der Waals surface area contributed by atoms with Crippen LogP contribution in [-0.2, 0) is 0 Å². The third-order valence-electron chi connectivity index (χ3n) is 3.67. The number of aromatic amines is 1. The van der Waals surface area contributed by atoms with Crippen molar-refractivity contribution in [3.05, 3.63) is 58.9 Å². The van der Waals surface area contributed by atoms with Gasteiger partial charge in [-0.25, -0.2) is 5.10 Å². The van der Waals surface area contributed by atoms with Gasteiger partial charge >= 0.3 is 0 Å². The molecule has 26 heavy (non-hydrogen) atoms. The SMILES string of the molecule is CCCOc1ccc(C=Nn2c(-c3ccc(OC)cc3)n[nH]c2=S)cc1. The highest BCUT2D eigenvalue weighted by atomic mass is 32.1. The van der Waals surface area contributed by atoms with Gasteiger partial charge in [0, 0.05) is 5.56 Å². The summed E-state index contributed by atoms with van der Waals surface area (Å²) in [6.45, 7) is 2.79. The number of ether oxygens (including phenoxy) is 2. The van der Waals surface area contributed by atoms with Gasteiger partial charge in [0.15, 0.2) is 5.82 Å². The van der Waals surface area contributed by atoms with E-state index < -0.39 is 0 Å². The topological polar surface area (TPSA) is 64.4 Å². The summed E-state index contributed by atoms with van der Waals surface area (Å²) in [6, 6.07) is 15.3. The van der Waals surface area contributed by atoms with Gasteiger partial charge in [-0.2, -0.15) is 14.9 Å². The van der Waals surface area contributed by atoms with Crippen molar-refractivity contribution in [2.45, 2.75) is 13.3 Å². The van der Waals surface area contributed by atoms with E-state index >= 15 is 0 Å². The third kappa shape index (κ3) is 4.18. The first-order valence-corrected chi connectivity index (χ1v) is 8.71. The highest BCUT2D eigenvalue weighted by Gasteiger charge is 2.08. The van der Waals surface area contributed by atoms with E-state index in [9.17, 15) is 0 Å². The van der Waals surface area contributed by atoms with Gasteiger partial charge in [0.25, 0.3) is 0 Å². The van der Waals surface area contributed by atoms with E-state index in [2.05, 4.69) is 22.2 Å². The number of hydrogen-bond acceptors (Lipinski definition) is 5. The van der Waals surface area contributed by atoms with Crippen molar-refractivity contribution in [1.29, 1.82) is 0 Å². The average molecular weight is 368 g/mol. The monoisotopic (exact) mass is 368 g/mol. The number of nitrogens with one attached hydrogen (secondary N) is 1. The van der Waals surface area contributed by atoms with Gasteiger partial charge in [-0.05, 0) is 72.7 Å². The van der Waals surface area contributed by atoms with Crippen molar-refractivity contribution in [2.24, 2.45) is 5.10 Å². The zero-order valence-electron chi connectivity index (χ0n) is 14.7. The van der Waals surface area contributed by atoms with Crippen LogP contribution in [-0.4, -0.2) is 34.8 Å². The van der Waals surface area contributed by atoms with Crippen molar-refractivity contribution in [3.63, 3.8) is 0 Å². The molecule has 7 heteroatoms. The summed E-state index contributed by atoms with van der Waals surface area (Å²) in [4.78, 5) is 0. The Morgan fingerprint density at radius 2 is 1.81 bits per heavy atom. The van der Waals surface area contributed by atoms with E-state index in [0.29, 0.717) is 17.2 Å². The van der Waals surface area contributed by atoms with Crippen LogP contribution in [0.2, 0.25) is 0 Å². The fraction of sp³-hybridized carbons (Fsp3) is 0.211. The summed E-state index contributed by atoms with van der Waals surface area (Å²) < 4.78 is 12.8. The fourth-order valence-electron chi connectivity index (χ4n) is 2.32. The number of H-pyrrole nitrogens is 1. The zero-order chi connectivity index (χ0) is 18.4. The molecule has 0 spiro atoms. The molecule has 0 amide bonds. The maximum Gasteiger partial charge on any atom is 0.216 e. The van der Waals surface area contributed by atoms with E-state index in [1.807, 2.05) is 48.5 Å². The Morgan fingerprint density at radius 1 is 1.12 bits per heavy atom. The lowest BCUT2D eigenvalue weighted by Crippen LogP contribution is -1.96. The van der Waals surface area contributed by atoms with Gasteiger partial charge in [0.1, 0.15) is 11.5 Å². The molecule has 0 atom stereocenters. The van der Waals surface area contributed by atoms with E-state index in [1.165, 1.54) is 0 Å². The van der Waals surface area contributed by atoms with Crippen LogP contribution >= 0.6 is 12.2 Å². The number of nitrogens with zero attached hydrogens (tertiary/aromatic N) is 3. The highest BCUT2D eigenvalue weighted by Crippen LogP contribution is 2.21. The van der Waals surface area contributed by atoms with Crippen LogP contribution in [0, 0.1) is 4.77 Å². The molecule has 3 aromatic rings. The lowest BCUT2D eigenvalue weighted by Gasteiger charge is -2.04. The Morgan fingerprint density at radius 3 is 2.46 bits per heavy atom. The van der Waals surface area contributed by atoms with Crippen LogP contribution in [0.1, 0.15) is 18.9 Å². The molecule has 0 aliphatic rings. The van der Waals surface area contributed by atoms with Gasteiger partial charge in [0.2, 0.25) is 4.77 Å². The molecule has 1 heterocycles. The Balaban J connectivity index is 1.82. The molecular weight excluding hydrogens is 348 g/mol. The summed E-state index contributed by atoms with van der Waals surface area (Å²) in [6.07, 6.45) is 2.72. The van der Waals surface area contributed by atoms with Crippen molar-refractivity contribution in [3.8, 4) is 22.9 Å². The van der Waals surface area contributed by atoms with Crippen molar-refractivity contribution in [1.82, 2.24) is 14.9 Å². The van der Waals surface area contributed by atoms with Crippen LogP contribution in [0.25, 0.3) is 11.4 Å². The van der Waals surface area contributed by atoms with Gasteiger partial charge in [-0.15, -0.1) is 0 Å². The summed E-state index contributed by atoms with van der Waals surface area (Å²) in [5.74, 6) is 2.27. The van der Waals surface area contributed by atoms with E-state index in [4.69, 9.17) is 21.7 Å². The minimum Gasteiger partial charge on any atom is -0.497 e. The average Bonchev–Trinajstić information content (AvgIpc) is 3.06. The van der Waals surface area contributed by atoms with Crippen molar-refractivity contribution in [2.75, 3.05) is 13.7 Å². The third-order valence-corrected chi connectivity index (χ3v) is 3.94. The Bertz CT molecular complexity index is 927. The van der Waals surface area contributed by atoms with Crippen LogP contribution in [0.4, 0.5) is 0 Å². The number of hydrogen-bond donors (Lipinski definition) is 1. The van der Waals surface area contributed by atoms with Gasteiger partial charge in [-0.1, -0.05) is 6.92 Å². The maximum absolute atomic E-state index is 5.58. The molecule has 1 N–H and O–H groups in total. The number of benzene rings is 2. The second kappa shape index (κ2) is 8.44. The standard InChI is InChI=1S/C19H20N4O2S/c1-3-12-25-17-8-4-14(5-9-17)13-20-23-18(21-22-19(23)26)15-6-10-16(24-2)11-7-15/h4-11,13H,3,12H2,1-2H3,(H,22,26). The molecule has 3 rings (SSSR count). The van der Waals surface area contributed by atoms with Gasteiger partial charge in [0.05, 0.1) is 19.9 Å². The number of aromatic nitrogens is 3. The molecular formula is C19H20N4O2S. The molecule has 0 fully saturated rings. The second-order valence-corrected chi connectivity index (χ2v) is 5.94. The molecule has 0 radical (unpaired) electrons. The predicted octanol–water partition coefficient (Wildman–Crippen LogP) is 4.29. The summed E-state index contributed by atoms with van der Waals surface area (Å²) >= 11 is 5.29. The molecule has 1 aromatic heterocycles. The second-order valence-electron chi connectivity index (χ2n) is 5.55. The van der Waals surface area contributed by atoms with Crippen molar-refractivity contribution >= 4 is 18.4 Å². The Hall–Kier alpha value is -2.93. The van der Waals surface area contributed by atoms with Crippen molar-refractivity contribution < 1.29 is 9.47 Å². The van der Waals surface area contributed by atoms with Crippen LogP contribution in [0.15, 0.2) is 53.6 Å². The minimum atomic E-state index is 0.426. The fourth-order valence-corrected chi connectivity index (χ4v) is 2.50. The first kappa shape index (κ1) is 17.9. The molecule has 0 aliphatic heterocycles. The Labute approximate surface area is 157 Å². The molecule has 0 saturated carbocycles. The highest BCUT2D eigenvalue weighted by molar-refractivity contribution is 7.71. The largest absolute Gasteiger partial charge is 0.497 e. The van der Waals surface area contributed by atoms with Crippen LogP contribution in [0.5, 0.6) is 11.5 Å². The zero-order valence-corrected chi connectivity index (χ0v) is 15.5. The first-order chi connectivity index (χ1) is 12.7. The molecule has 0 unspecified atom stereocenters. The smallest absolute Gasteiger partial charge is 0.216 e. The molecule has 134 valence electrons. The maximum atomic E-state index is 5.58. The molecule has 2 aromatic carbocycles. The molecule has 0 saturated heterocycles. The quantitative estimate of drug-likeness (QED) is 0.499. The van der Waals surface area contributed by atoms with E-state index in [1.54, 1.807) is 18.0 Å². The normalized spacial score (nSPS) is 11.0. The summed E-state index contributed by atoms with van der Waals surface area (Å²) in [5, 5.41) is 11.5. The molecule has 6 nitrogen and oxygen atoms in total. The summed E-state index contributed by atoms with van der Waals surface area (Å²) in [5.41, 5.74) is 1.83. The lowest BCUT2D eigenvalue weighted by molar-refractivity contribution is 0.317. The van der Waals surface area contributed by atoms with Crippen LogP contribution < -0.4 is 9.47 Å². The number of rotatable bonds is 7. The minimum absolute atomic E-state index is 0.426. The lowest BCUT2D eigenvalue weighted by atomic mass is 10.2. The first-order valence-electron chi connectivity index (χ1n) is 8.30. The predicted molar refractivity (Wildman–Crippen MR) is 105 cm³/mol. The Kier molecular flexibility index (Phi) is 5.80. The number of methoxy groups -OCH3 is 1. The van der Waals surface area contributed by atoms with E-state index in [0.717, 1.165) is 29.0 Å². The summed E-state index contributed by atoms with van der Waals surface area (Å²) in [7, 11) is 1.63.